The van der Waals surface area contributed by atoms with Gasteiger partial charge in [0.05, 0.1) is 0 Å². The van der Waals surface area contributed by atoms with Gasteiger partial charge in [0, 0.05) is 25.9 Å². The molecule has 3 heteroatoms. The summed E-state index contributed by atoms with van der Waals surface area (Å²) in [5.41, 5.74) is 2.37. The first-order valence-electron chi connectivity index (χ1n) is 8.03. The number of ether oxygens (including phenoxy) is 2. The highest BCUT2D eigenvalue weighted by atomic mass is 16.8. The fraction of sp³-hybridized carbons (Fsp3) is 0.368. The van der Waals surface area contributed by atoms with Gasteiger partial charge >= 0.3 is 0 Å². The van der Waals surface area contributed by atoms with Crippen LogP contribution in [0.5, 0.6) is 0 Å². The van der Waals surface area contributed by atoms with Gasteiger partial charge in [-0.05, 0) is 11.1 Å². The van der Waals surface area contributed by atoms with Crippen LogP contribution >= 0.6 is 0 Å². The summed E-state index contributed by atoms with van der Waals surface area (Å²) in [6.45, 7) is 1.89. The largest absolute Gasteiger partial charge is 0.339 e. The smallest absolute Gasteiger partial charge is 0.172 e. The quantitative estimate of drug-likeness (QED) is 0.918. The summed E-state index contributed by atoms with van der Waals surface area (Å²) in [5, 5.41) is 3.39. The molecule has 114 valence electrons. The average molecular weight is 295 g/mol. The van der Waals surface area contributed by atoms with Crippen LogP contribution in [-0.2, 0) is 9.47 Å². The van der Waals surface area contributed by atoms with Gasteiger partial charge < -0.3 is 14.8 Å². The predicted octanol–water partition coefficient (Wildman–Crippen LogP) is 3.60. The van der Waals surface area contributed by atoms with Gasteiger partial charge in [0.25, 0.3) is 0 Å². The molecule has 22 heavy (non-hydrogen) atoms. The van der Waals surface area contributed by atoms with Gasteiger partial charge in [-0.3, -0.25) is 0 Å². The van der Waals surface area contributed by atoms with E-state index < -0.39 is 5.79 Å². The van der Waals surface area contributed by atoms with Crippen LogP contribution in [-0.4, -0.2) is 18.9 Å². The average Bonchev–Trinajstić information content (AvgIpc) is 2.96. The number of benzene rings is 2. The molecule has 0 radical (unpaired) electrons. The fourth-order valence-electron chi connectivity index (χ4n) is 3.43. The third-order valence-corrected chi connectivity index (χ3v) is 4.58. The van der Waals surface area contributed by atoms with Crippen LogP contribution in [0.4, 0.5) is 0 Å². The summed E-state index contributed by atoms with van der Waals surface area (Å²) in [4.78, 5) is 0. The molecule has 3 nitrogen and oxygen atoms in total. The second kappa shape index (κ2) is 5.84. The topological polar surface area (TPSA) is 30.5 Å². The molecule has 4 rings (SSSR count). The number of rotatable bonds is 2. The minimum Gasteiger partial charge on any atom is -0.339 e. The zero-order valence-electron chi connectivity index (χ0n) is 12.6. The van der Waals surface area contributed by atoms with Crippen molar-refractivity contribution in [3.8, 4) is 0 Å². The molecule has 2 aliphatic heterocycles. The van der Waals surface area contributed by atoms with Crippen molar-refractivity contribution >= 4 is 0 Å². The van der Waals surface area contributed by atoms with E-state index in [0.29, 0.717) is 0 Å². The SMILES string of the molecule is c1ccc([C@@H]2OC3(CCNCC3)O[C@H]2c2ccccc2)cc1. The van der Waals surface area contributed by atoms with Crippen molar-refractivity contribution in [2.45, 2.75) is 30.8 Å². The summed E-state index contributed by atoms with van der Waals surface area (Å²) < 4.78 is 13.0. The summed E-state index contributed by atoms with van der Waals surface area (Å²) in [6.07, 6.45) is 1.72. The van der Waals surface area contributed by atoms with E-state index in [-0.39, 0.29) is 12.2 Å². The van der Waals surface area contributed by atoms with E-state index in [0.717, 1.165) is 25.9 Å². The van der Waals surface area contributed by atoms with Crippen molar-refractivity contribution < 1.29 is 9.47 Å². The molecule has 0 unspecified atom stereocenters. The standard InChI is InChI=1S/C19H21NO2/c1-3-7-15(8-4-1)17-18(16-9-5-2-6-10-16)22-19(21-17)11-13-20-14-12-19/h1-10,17-18,20H,11-14H2/t17-,18-/m0/s1. The minimum absolute atomic E-state index is 0.0401. The van der Waals surface area contributed by atoms with E-state index in [4.69, 9.17) is 9.47 Å². The molecule has 0 aliphatic carbocycles. The zero-order valence-corrected chi connectivity index (χ0v) is 12.6. The highest BCUT2D eigenvalue weighted by molar-refractivity contribution is 5.26. The Balaban J connectivity index is 1.70. The summed E-state index contributed by atoms with van der Waals surface area (Å²) in [5.74, 6) is -0.438. The molecule has 2 fully saturated rings. The van der Waals surface area contributed by atoms with Crippen LogP contribution in [0.25, 0.3) is 0 Å². The van der Waals surface area contributed by atoms with Gasteiger partial charge in [-0.2, -0.15) is 0 Å². The van der Waals surface area contributed by atoms with Crippen LogP contribution in [0, 0.1) is 0 Å². The Morgan fingerprint density at radius 2 is 1.18 bits per heavy atom. The van der Waals surface area contributed by atoms with E-state index in [1.807, 2.05) is 12.1 Å². The van der Waals surface area contributed by atoms with Gasteiger partial charge in [0.2, 0.25) is 0 Å². The lowest BCUT2D eigenvalue weighted by atomic mass is 9.99. The maximum atomic E-state index is 6.48. The summed E-state index contributed by atoms with van der Waals surface area (Å²) in [6, 6.07) is 20.8. The number of hydrogen-bond donors (Lipinski definition) is 1. The van der Waals surface area contributed by atoms with E-state index in [1.165, 1.54) is 11.1 Å². The van der Waals surface area contributed by atoms with Crippen molar-refractivity contribution in [1.29, 1.82) is 0 Å². The van der Waals surface area contributed by atoms with Crippen LogP contribution in [0.1, 0.15) is 36.2 Å². The van der Waals surface area contributed by atoms with Crippen LogP contribution in [0.2, 0.25) is 0 Å². The van der Waals surface area contributed by atoms with Gasteiger partial charge in [-0.25, -0.2) is 0 Å². The van der Waals surface area contributed by atoms with Crippen molar-refractivity contribution in [2.75, 3.05) is 13.1 Å². The number of hydrogen-bond acceptors (Lipinski definition) is 3. The number of nitrogens with one attached hydrogen (secondary N) is 1. The molecule has 2 saturated heterocycles. The van der Waals surface area contributed by atoms with Gasteiger partial charge in [-0.1, -0.05) is 60.7 Å². The summed E-state index contributed by atoms with van der Waals surface area (Å²) in [7, 11) is 0. The fourth-order valence-corrected chi connectivity index (χ4v) is 3.43. The van der Waals surface area contributed by atoms with E-state index in [2.05, 4.69) is 53.8 Å². The molecule has 2 heterocycles. The molecule has 0 aromatic heterocycles. The van der Waals surface area contributed by atoms with Gasteiger partial charge in [0.1, 0.15) is 12.2 Å². The first kappa shape index (κ1) is 13.9. The highest BCUT2D eigenvalue weighted by Gasteiger charge is 2.48. The van der Waals surface area contributed by atoms with E-state index in [9.17, 15) is 0 Å². The lowest BCUT2D eigenvalue weighted by Crippen LogP contribution is -2.42. The first-order valence-corrected chi connectivity index (χ1v) is 8.03. The molecule has 2 aliphatic rings. The first-order chi connectivity index (χ1) is 10.9. The Morgan fingerprint density at radius 1 is 0.727 bits per heavy atom. The molecule has 1 spiro atoms. The van der Waals surface area contributed by atoms with Crippen LogP contribution in [0.3, 0.4) is 0 Å². The molecule has 0 amide bonds. The third kappa shape index (κ3) is 2.56. The molecule has 2 atom stereocenters. The Morgan fingerprint density at radius 3 is 1.64 bits per heavy atom. The van der Waals surface area contributed by atoms with Gasteiger partial charge in [0.15, 0.2) is 5.79 Å². The summed E-state index contributed by atoms with van der Waals surface area (Å²) >= 11 is 0. The van der Waals surface area contributed by atoms with Crippen molar-refractivity contribution in [2.24, 2.45) is 0 Å². The molecule has 2 aromatic rings. The van der Waals surface area contributed by atoms with Crippen LogP contribution < -0.4 is 5.32 Å². The Hall–Kier alpha value is -1.68. The Bertz CT molecular complexity index is 558. The lowest BCUT2D eigenvalue weighted by Gasteiger charge is -2.32. The van der Waals surface area contributed by atoms with E-state index in [1.54, 1.807) is 0 Å². The lowest BCUT2D eigenvalue weighted by molar-refractivity contribution is -0.191. The minimum atomic E-state index is -0.438. The molecular weight excluding hydrogens is 274 g/mol. The molecular formula is C19H21NO2. The second-order valence-electron chi connectivity index (χ2n) is 6.06. The molecule has 1 N–H and O–H groups in total. The zero-order chi connectivity index (χ0) is 14.8. The van der Waals surface area contributed by atoms with E-state index >= 15 is 0 Å². The molecule has 0 saturated carbocycles. The predicted molar refractivity (Wildman–Crippen MR) is 85.4 cm³/mol. The monoisotopic (exact) mass is 295 g/mol. The third-order valence-electron chi connectivity index (χ3n) is 4.58. The van der Waals surface area contributed by atoms with Crippen LogP contribution in [0.15, 0.2) is 60.7 Å². The van der Waals surface area contributed by atoms with Gasteiger partial charge in [-0.15, -0.1) is 0 Å². The normalized spacial score (nSPS) is 27.1. The van der Waals surface area contributed by atoms with Crippen molar-refractivity contribution in [3.63, 3.8) is 0 Å². The maximum Gasteiger partial charge on any atom is 0.172 e. The number of piperidine rings is 1. The molecule has 0 bridgehead atoms. The molecule has 2 aromatic carbocycles. The second-order valence-corrected chi connectivity index (χ2v) is 6.06. The Labute approximate surface area is 131 Å². The highest BCUT2D eigenvalue weighted by Crippen LogP contribution is 2.49. The van der Waals surface area contributed by atoms with Crippen molar-refractivity contribution in [1.82, 2.24) is 5.32 Å². The van der Waals surface area contributed by atoms with Crippen molar-refractivity contribution in [3.05, 3.63) is 71.8 Å². The Kier molecular flexibility index (Phi) is 3.70. The maximum absolute atomic E-state index is 6.48.